The minimum absolute atomic E-state index is 0.0261. The van der Waals surface area contributed by atoms with Gasteiger partial charge in [0, 0.05) is 24.7 Å². The van der Waals surface area contributed by atoms with Crippen LogP contribution in [0.3, 0.4) is 0 Å². The van der Waals surface area contributed by atoms with Crippen LogP contribution in [0.1, 0.15) is 27.2 Å². The average molecular weight is 364 g/mol. The Hall–Kier alpha value is -2.34. The Bertz CT molecular complexity index is 728. The van der Waals surface area contributed by atoms with Crippen LogP contribution in [0.25, 0.3) is 11.4 Å². The van der Waals surface area contributed by atoms with Crippen LogP contribution >= 0.6 is 11.6 Å². The van der Waals surface area contributed by atoms with Crippen molar-refractivity contribution >= 4 is 23.9 Å². The Morgan fingerprint density at radius 2 is 1.92 bits per heavy atom. The number of benzene rings is 1. The maximum atomic E-state index is 9.69. The van der Waals surface area contributed by atoms with Gasteiger partial charge in [-0.1, -0.05) is 23.7 Å². The Morgan fingerprint density at radius 1 is 1.24 bits per heavy atom. The van der Waals surface area contributed by atoms with E-state index in [9.17, 15) is 9.90 Å². The maximum Gasteiger partial charge on any atom is 0.293 e. The summed E-state index contributed by atoms with van der Waals surface area (Å²) in [7, 11) is 0. The lowest BCUT2D eigenvalue weighted by Gasteiger charge is -2.32. The highest BCUT2D eigenvalue weighted by atomic mass is 35.5. The van der Waals surface area contributed by atoms with Crippen molar-refractivity contribution in [2.75, 3.05) is 18.0 Å². The molecule has 1 N–H and O–H groups in total. The number of anilines is 1. The zero-order valence-electron chi connectivity index (χ0n) is 14.6. The highest BCUT2D eigenvalue weighted by Gasteiger charge is 2.18. The molecule has 1 fully saturated rings. The number of carbonyl (C=O) groups is 1. The first kappa shape index (κ1) is 19.0. The van der Waals surface area contributed by atoms with Crippen LogP contribution in [0.2, 0.25) is 5.02 Å². The third-order valence-electron chi connectivity index (χ3n) is 3.40. The van der Waals surface area contributed by atoms with Crippen molar-refractivity contribution in [3.05, 3.63) is 35.4 Å². The van der Waals surface area contributed by atoms with Crippen molar-refractivity contribution in [1.82, 2.24) is 9.97 Å². The molecule has 1 aromatic carbocycles. The summed E-state index contributed by atoms with van der Waals surface area (Å²) in [5.74, 6) is 1.19. The van der Waals surface area contributed by atoms with Gasteiger partial charge in [-0.2, -0.15) is 4.98 Å². The van der Waals surface area contributed by atoms with Crippen molar-refractivity contribution in [3.63, 3.8) is 0 Å². The highest BCUT2D eigenvalue weighted by molar-refractivity contribution is 6.33. The van der Waals surface area contributed by atoms with E-state index >= 15 is 0 Å². The van der Waals surface area contributed by atoms with Crippen molar-refractivity contribution in [2.24, 2.45) is 0 Å². The van der Waals surface area contributed by atoms with Gasteiger partial charge in [0.2, 0.25) is 5.88 Å². The van der Waals surface area contributed by atoms with Gasteiger partial charge in [0.15, 0.2) is 5.82 Å². The van der Waals surface area contributed by atoms with E-state index in [2.05, 4.69) is 19.6 Å². The first-order chi connectivity index (χ1) is 11.8. The molecule has 1 aromatic heterocycles. The van der Waals surface area contributed by atoms with E-state index in [1.807, 2.05) is 39.0 Å². The average Bonchev–Trinajstić information content (AvgIpc) is 2.44. The quantitative estimate of drug-likeness (QED) is 0.838. The molecule has 2 heterocycles. The first-order valence-corrected chi connectivity index (χ1v) is 8.37. The summed E-state index contributed by atoms with van der Waals surface area (Å²) in [5.41, 5.74) is 0.415. The summed E-state index contributed by atoms with van der Waals surface area (Å²) >= 11 is 6.12. The normalized spacial score (nSPS) is 13.4. The van der Waals surface area contributed by atoms with E-state index in [-0.39, 0.29) is 11.5 Å². The molecule has 25 heavy (non-hydrogen) atoms. The van der Waals surface area contributed by atoms with E-state index < -0.39 is 0 Å². The van der Waals surface area contributed by atoms with Gasteiger partial charge in [-0.15, -0.1) is 0 Å². The van der Waals surface area contributed by atoms with Gasteiger partial charge in [-0.25, -0.2) is 4.98 Å². The van der Waals surface area contributed by atoms with Gasteiger partial charge in [-0.05, 0) is 39.3 Å². The molecule has 0 aliphatic carbocycles. The molecule has 0 amide bonds. The Labute approximate surface area is 152 Å². The number of halogens is 1. The van der Waals surface area contributed by atoms with E-state index in [0.29, 0.717) is 17.3 Å². The van der Waals surface area contributed by atoms with Gasteiger partial charge >= 0.3 is 0 Å². The van der Waals surface area contributed by atoms with Crippen LogP contribution < -0.4 is 4.90 Å². The van der Waals surface area contributed by atoms with Crippen molar-refractivity contribution in [2.45, 2.75) is 32.8 Å². The van der Waals surface area contributed by atoms with Crippen molar-refractivity contribution in [3.8, 4) is 17.3 Å². The van der Waals surface area contributed by atoms with E-state index in [0.717, 1.165) is 30.9 Å². The Balaban J connectivity index is 0.000000277. The molecule has 0 radical (unpaired) electrons. The number of aromatic nitrogens is 2. The number of hydrogen-bond donors (Lipinski definition) is 1. The standard InChI is InChI=1S/C13H12ClN3O.C5H10O2/c14-10-5-2-1-4-9(10)13-15-11(8-12(18)16-13)17-6-3-7-17;1-5(2,3)7-4-6/h1-2,4-5,8H,3,6-7H2,(H,15,16,18);4H,1-3H3. The maximum absolute atomic E-state index is 9.69. The monoisotopic (exact) mass is 363 g/mol. The molecule has 0 atom stereocenters. The summed E-state index contributed by atoms with van der Waals surface area (Å²) in [6.07, 6.45) is 1.16. The summed E-state index contributed by atoms with van der Waals surface area (Å²) in [6, 6.07) is 8.94. The molecular weight excluding hydrogens is 342 g/mol. The molecule has 1 aliphatic rings. The third kappa shape index (κ3) is 5.60. The minimum Gasteiger partial charge on any atom is -0.493 e. The number of nitrogens with zero attached hydrogens (tertiary/aromatic N) is 3. The topological polar surface area (TPSA) is 75.6 Å². The van der Waals surface area contributed by atoms with Crippen LogP contribution in [-0.4, -0.2) is 40.2 Å². The van der Waals surface area contributed by atoms with Crippen LogP contribution in [0.15, 0.2) is 30.3 Å². The van der Waals surface area contributed by atoms with Gasteiger partial charge < -0.3 is 14.7 Å². The molecule has 6 nitrogen and oxygen atoms in total. The summed E-state index contributed by atoms with van der Waals surface area (Å²) in [5, 5.41) is 10.3. The lowest BCUT2D eigenvalue weighted by Crippen LogP contribution is -2.37. The molecule has 7 heteroatoms. The number of rotatable bonds is 3. The molecule has 134 valence electrons. The first-order valence-electron chi connectivity index (χ1n) is 7.99. The second kappa shape index (κ2) is 8.16. The summed E-state index contributed by atoms with van der Waals surface area (Å²) in [4.78, 5) is 20.2. The van der Waals surface area contributed by atoms with E-state index in [1.165, 1.54) is 0 Å². The SMILES string of the molecule is CC(C)(C)OC=O.Oc1cc(N2CCC2)nc(-c2ccccc2Cl)n1. The predicted octanol–water partition coefficient (Wildman–Crippen LogP) is 3.67. The number of aromatic hydroxyl groups is 1. The Kier molecular flexibility index (Phi) is 6.20. The Morgan fingerprint density at radius 3 is 2.40 bits per heavy atom. The summed E-state index contributed by atoms with van der Waals surface area (Å²) < 4.78 is 4.55. The molecule has 0 saturated carbocycles. The van der Waals surface area contributed by atoms with Gasteiger partial charge in [0.05, 0.1) is 5.02 Å². The van der Waals surface area contributed by atoms with Crippen LogP contribution in [-0.2, 0) is 9.53 Å². The second-order valence-electron chi connectivity index (χ2n) is 6.55. The fourth-order valence-corrected chi connectivity index (χ4v) is 2.26. The van der Waals surface area contributed by atoms with E-state index in [4.69, 9.17) is 11.6 Å². The number of carbonyl (C=O) groups excluding carboxylic acids is 1. The zero-order valence-corrected chi connectivity index (χ0v) is 15.3. The van der Waals surface area contributed by atoms with Crippen molar-refractivity contribution in [1.29, 1.82) is 0 Å². The molecule has 1 saturated heterocycles. The molecule has 0 bridgehead atoms. The smallest absolute Gasteiger partial charge is 0.293 e. The van der Waals surface area contributed by atoms with Gasteiger partial charge in [-0.3, -0.25) is 4.79 Å². The molecule has 2 aromatic rings. The van der Waals surface area contributed by atoms with Crippen LogP contribution in [0.4, 0.5) is 5.82 Å². The fourth-order valence-electron chi connectivity index (χ4n) is 2.04. The van der Waals surface area contributed by atoms with Gasteiger partial charge in [0.25, 0.3) is 6.47 Å². The van der Waals surface area contributed by atoms with Crippen molar-refractivity contribution < 1.29 is 14.6 Å². The molecular formula is C18H22ClN3O3. The lowest BCUT2D eigenvalue weighted by atomic mass is 10.2. The molecule has 1 aliphatic heterocycles. The van der Waals surface area contributed by atoms with E-state index in [1.54, 1.807) is 12.1 Å². The number of ether oxygens (including phenoxy) is 1. The third-order valence-corrected chi connectivity index (χ3v) is 3.73. The lowest BCUT2D eigenvalue weighted by molar-refractivity contribution is -0.138. The van der Waals surface area contributed by atoms with Crippen LogP contribution in [0, 0.1) is 0 Å². The predicted molar refractivity (Wildman–Crippen MR) is 97.9 cm³/mol. The fraction of sp³-hybridized carbons (Fsp3) is 0.389. The molecule has 3 rings (SSSR count). The highest BCUT2D eigenvalue weighted by Crippen LogP contribution is 2.29. The summed E-state index contributed by atoms with van der Waals surface area (Å²) in [6.45, 7) is 7.86. The number of hydrogen-bond acceptors (Lipinski definition) is 6. The molecule has 0 spiro atoms. The largest absolute Gasteiger partial charge is 0.493 e. The zero-order chi connectivity index (χ0) is 18.4. The minimum atomic E-state index is -0.318. The van der Waals surface area contributed by atoms with Crippen LogP contribution in [0.5, 0.6) is 5.88 Å². The molecule has 0 unspecified atom stereocenters. The van der Waals surface area contributed by atoms with Gasteiger partial charge in [0.1, 0.15) is 11.4 Å². The second-order valence-corrected chi connectivity index (χ2v) is 6.96.